The Morgan fingerprint density at radius 3 is 2.61 bits per heavy atom. The van der Waals surface area contributed by atoms with Crippen LogP contribution in [0, 0.1) is 16.7 Å². The average Bonchev–Trinajstić information content (AvgIpc) is 3.09. The maximum Gasteiger partial charge on any atom is 0.261 e. The number of rotatable bonds is 11. The lowest BCUT2D eigenvalue weighted by Crippen LogP contribution is -2.50. The van der Waals surface area contributed by atoms with Crippen molar-refractivity contribution in [2.75, 3.05) is 0 Å². The maximum absolute atomic E-state index is 12.4. The van der Waals surface area contributed by atoms with Crippen LogP contribution in [0.25, 0.3) is 0 Å². The molecule has 1 saturated heterocycles. The fourth-order valence-electron chi connectivity index (χ4n) is 2.81. The van der Waals surface area contributed by atoms with E-state index in [0.717, 1.165) is 11.9 Å². The van der Waals surface area contributed by atoms with Gasteiger partial charge in [0.15, 0.2) is 6.23 Å². The Morgan fingerprint density at radius 1 is 1.32 bits per heavy atom. The second-order valence-electron chi connectivity index (χ2n) is 6.74. The molecular weight excluding hydrogens is 422 g/mol. The van der Waals surface area contributed by atoms with Crippen molar-refractivity contribution in [1.29, 1.82) is 10.7 Å². The zero-order valence-corrected chi connectivity index (χ0v) is 17.3. The number of nitriles is 1. The highest BCUT2D eigenvalue weighted by Gasteiger charge is 2.33. The minimum Gasteiger partial charge on any atom is -0.377 e. The summed E-state index contributed by atoms with van der Waals surface area (Å²) in [6.07, 6.45) is -1.40. The van der Waals surface area contributed by atoms with Crippen molar-refractivity contribution in [2.24, 2.45) is 5.73 Å². The number of ketones is 1. The number of primary amides is 1. The number of amides is 2. The van der Waals surface area contributed by atoms with Crippen LogP contribution in [0.2, 0.25) is 0 Å². The van der Waals surface area contributed by atoms with Crippen LogP contribution in [-0.4, -0.2) is 55.5 Å². The first kappa shape index (κ1) is 24.2. The van der Waals surface area contributed by atoms with Crippen LogP contribution in [-0.2, 0) is 14.4 Å². The highest BCUT2D eigenvalue weighted by atomic mass is 32.2. The third-order valence-corrected chi connectivity index (χ3v) is 5.86. The van der Waals surface area contributed by atoms with Gasteiger partial charge in [-0.1, -0.05) is 30.3 Å². The maximum atomic E-state index is 12.4. The van der Waals surface area contributed by atoms with Crippen molar-refractivity contribution in [1.82, 2.24) is 9.62 Å². The average molecular weight is 446 g/mol. The molecule has 2 rings (SSSR count). The van der Waals surface area contributed by atoms with Gasteiger partial charge in [-0.25, -0.2) is 0 Å². The molecular formula is C20H23N5O5S. The summed E-state index contributed by atoms with van der Waals surface area (Å²) in [4.78, 5) is 34.9. The van der Waals surface area contributed by atoms with Crippen molar-refractivity contribution < 1.29 is 24.6 Å². The molecule has 10 nitrogen and oxygen atoms in total. The van der Waals surface area contributed by atoms with Gasteiger partial charge >= 0.3 is 0 Å². The van der Waals surface area contributed by atoms with E-state index >= 15 is 0 Å². The van der Waals surface area contributed by atoms with Crippen LogP contribution in [0.5, 0.6) is 0 Å². The molecule has 1 aliphatic heterocycles. The molecule has 0 aromatic heterocycles. The lowest BCUT2D eigenvalue weighted by Gasteiger charge is -2.28. The summed E-state index contributed by atoms with van der Waals surface area (Å²) in [5.41, 5.74) is 6.40. The Balaban J connectivity index is 2.20. The zero-order chi connectivity index (χ0) is 23.0. The van der Waals surface area contributed by atoms with Crippen molar-refractivity contribution >= 4 is 35.3 Å². The van der Waals surface area contributed by atoms with Gasteiger partial charge in [0.1, 0.15) is 12.3 Å². The molecule has 0 saturated carbocycles. The van der Waals surface area contributed by atoms with E-state index in [1.54, 1.807) is 30.3 Å². The van der Waals surface area contributed by atoms with Crippen molar-refractivity contribution in [3.8, 4) is 6.07 Å². The number of aliphatic hydroxyl groups excluding tert-OH is 2. The molecule has 0 bridgehead atoms. The van der Waals surface area contributed by atoms with Crippen LogP contribution in [0.3, 0.4) is 0 Å². The lowest BCUT2D eigenvalue weighted by molar-refractivity contribution is -0.130. The molecule has 0 aliphatic carbocycles. The van der Waals surface area contributed by atoms with E-state index in [9.17, 15) is 24.6 Å². The van der Waals surface area contributed by atoms with Gasteiger partial charge < -0.3 is 21.4 Å². The second-order valence-corrected chi connectivity index (χ2v) is 7.92. The van der Waals surface area contributed by atoms with Gasteiger partial charge in [0.05, 0.1) is 11.0 Å². The van der Waals surface area contributed by atoms with Gasteiger partial charge in [0.2, 0.25) is 11.7 Å². The first-order chi connectivity index (χ1) is 14.7. The third kappa shape index (κ3) is 7.01. The van der Waals surface area contributed by atoms with Crippen molar-refractivity contribution in [3.63, 3.8) is 0 Å². The van der Waals surface area contributed by atoms with Gasteiger partial charge in [0, 0.05) is 18.5 Å². The topological polar surface area (TPSA) is 181 Å². The predicted molar refractivity (Wildman–Crippen MR) is 113 cm³/mol. The molecule has 2 unspecified atom stereocenters. The summed E-state index contributed by atoms with van der Waals surface area (Å²) in [6.45, 7) is 0. The fourth-order valence-corrected chi connectivity index (χ4v) is 3.98. The van der Waals surface area contributed by atoms with E-state index in [1.807, 2.05) is 6.07 Å². The standard InChI is InChI=1S/C20H23N5O5S/c21-11-14(26)7-8-16(19(29)24-20(30)18(23)28)31-25-13(6-9-17(25)27)10-15(22)12-4-2-1-3-5-12/h1-5,10,16,19-20,22,24,29-30H,6-9H2,(H2,23,28)/t16?,19?,20-/m0/s1. The third-order valence-electron chi connectivity index (χ3n) is 4.45. The molecule has 1 heterocycles. The van der Waals surface area contributed by atoms with Gasteiger partial charge in [0.25, 0.3) is 5.91 Å². The molecule has 11 heteroatoms. The number of allylic oxidation sites excluding steroid dienone is 2. The van der Waals surface area contributed by atoms with E-state index in [4.69, 9.17) is 16.4 Å². The highest BCUT2D eigenvalue weighted by Crippen LogP contribution is 2.35. The number of nitrogens with zero attached hydrogens (tertiary/aromatic N) is 2. The second kappa shape index (κ2) is 11.4. The molecule has 1 fully saturated rings. The van der Waals surface area contributed by atoms with E-state index in [2.05, 4.69) is 5.32 Å². The molecule has 2 amide bonds. The Labute approximate surface area is 183 Å². The highest BCUT2D eigenvalue weighted by molar-refractivity contribution is 7.98. The molecule has 164 valence electrons. The quantitative estimate of drug-likeness (QED) is 0.138. The van der Waals surface area contributed by atoms with Crippen LogP contribution >= 0.6 is 11.9 Å². The molecule has 1 aromatic carbocycles. The number of aliphatic hydroxyl groups is 2. The van der Waals surface area contributed by atoms with Crippen molar-refractivity contribution in [2.45, 2.75) is 43.4 Å². The van der Waals surface area contributed by atoms with Crippen LogP contribution < -0.4 is 11.1 Å². The molecule has 1 aromatic rings. The Kier molecular flexibility index (Phi) is 8.89. The van der Waals surface area contributed by atoms with Crippen molar-refractivity contribution in [3.05, 3.63) is 47.7 Å². The number of nitrogens with two attached hydrogens (primary N) is 1. The number of carbonyl (C=O) groups excluding carboxylic acids is 3. The minimum atomic E-state index is -1.83. The minimum absolute atomic E-state index is 0.0100. The lowest BCUT2D eigenvalue weighted by atomic mass is 10.1. The number of Topliss-reactive ketones (excluding diaryl/α,β-unsaturated/α-hetero) is 1. The van der Waals surface area contributed by atoms with E-state index in [1.165, 1.54) is 10.4 Å². The Bertz CT molecular complexity index is 914. The van der Waals surface area contributed by atoms with Crippen LogP contribution in [0.4, 0.5) is 0 Å². The predicted octanol–water partition coefficient (Wildman–Crippen LogP) is 0.162. The number of hydrogen-bond donors (Lipinski definition) is 5. The van der Waals surface area contributed by atoms with Gasteiger partial charge in [-0.15, -0.1) is 0 Å². The summed E-state index contributed by atoms with van der Waals surface area (Å²) in [5, 5.41) is 38.3. The normalized spacial score (nSPS) is 17.8. The van der Waals surface area contributed by atoms with Crippen LogP contribution in [0.15, 0.2) is 42.1 Å². The smallest absolute Gasteiger partial charge is 0.261 e. The summed E-state index contributed by atoms with van der Waals surface area (Å²) in [5.74, 6) is -2.07. The van der Waals surface area contributed by atoms with Crippen LogP contribution in [0.1, 0.15) is 31.2 Å². The molecule has 3 atom stereocenters. The number of carbonyl (C=O) groups is 3. The molecule has 1 aliphatic rings. The number of benzene rings is 1. The first-order valence-electron chi connectivity index (χ1n) is 9.41. The molecule has 0 radical (unpaired) electrons. The molecule has 6 N–H and O–H groups in total. The SMILES string of the molecule is N#CC(=O)CCC(SN1C(=O)CCC1=CC(=N)c1ccccc1)C(O)N[C@@H](O)C(N)=O. The Morgan fingerprint density at radius 2 is 2.00 bits per heavy atom. The summed E-state index contributed by atoms with van der Waals surface area (Å²) >= 11 is 0.901. The summed E-state index contributed by atoms with van der Waals surface area (Å²) < 4.78 is 1.33. The van der Waals surface area contributed by atoms with E-state index < -0.39 is 29.4 Å². The fraction of sp³-hybridized carbons (Fsp3) is 0.350. The largest absolute Gasteiger partial charge is 0.377 e. The first-order valence-corrected chi connectivity index (χ1v) is 10.2. The number of hydrogen-bond acceptors (Lipinski definition) is 9. The van der Waals surface area contributed by atoms with E-state index in [0.29, 0.717) is 17.7 Å². The van der Waals surface area contributed by atoms with E-state index in [-0.39, 0.29) is 30.9 Å². The molecule has 31 heavy (non-hydrogen) atoms. The summed E-state index contributed by atoms with van der Waals surface area (Å²) in [6, 6.07) is 10.4. The van der Waals surface area contributed by atoms with Gasteiger partial charge in [-0.05, 0) is 36.4 Å². The number of nitrogens with one attached hydrogen (secondary N) is 2. The Hall–Kier alpha value is -3.04. The van der Waals surface area contributed by atoms with Gasteiger partial charge in [-0.3, -0.25) is 24.0 Å². The monoisotopic (exact) mass is 445 g/mol. The molecule has 0 spiro atoms. The van der Waals surface area contributed by atoms with Gasteiger partial charge in [-0.2, -0.15) is 5.26 Å². The zero-order valence-electron chi connectivity index (χ0n) is 16.5. The summed E-state index contributed by atoms with van der Waals surface area (Å²) in [7, 11) is 0.